The van der Waals surface area contributed by atoms with Crippen LogP contribution in [0.1, 0.15) is 24.0 Å². The molecule has 158 valence electrons. The van der Waals surface area contributed by atoms with Crippen LogP contribution >= 0.6 is 0 Å². The first-order valence-corrected chi connectivity index (χ1v) is 17.9. The molecule has 2 aliphatic heterocycles. The average Bonchev–Trinajstić information content (AvgIpc) is 2.94. The summed E-state index contributed by atoms with van der Waals surface area (Å²) in [4.78, 5) is 2.58. The van der Waals surface area contributed by atoms with Crippen molar-refractivity contribution >= 4 is 16.6 Å². The summed E-state index contributed by atoms with van der Waals surface area (Å²) < 4.78 is 20.0. The van der Waals surface area contributed by atoms with Crippen LogP contribution in [0.25, 0.3) is 0 Å². The molecule has 5 rings (SSSR count). The summed E-state index contributed by atoms with van der Waals surface area (Å²) in [5, 5.41) is 0. The highest BCUT2D eigenvalue weighted by Crippen LogP contribution is 2.64. The van der Waals surface area contributed by atoms with Crippen molar-refractivity contribution in [2.75, 3.05) is 13.6 Å². The van der Waals surface area contributed by atoms with Gasteiger partial charge in [-0.15, -0.1) is 0 Å². The molecule has 1 fully saturated rings. The lowest BCUT2D eigenvalue weighted by Crippen LogP contribution is -2.63. The van der Waals surface area contributed by atoms with Crippen molar-refractivity contribution in [1.82, 2.24) is 4.90 Å². The van der Waals surface area contributed by atoms with Gasteiger partial charge in [0.2, 0.25) is 16.6 Å². The molecular weight excluding hydrogens is 394 g/mol. The third kappa shape index (κ3) is 2.93. The van der Waals surface area contributed by atoms with E-state index < -0.39 is 16.6 Å². The number of ether oxygens (including phenoxy) is 1. The van der Waals surface area contributed by atoms with Gasteiger partial charge in [0.15, 0.2) is 11.9 Å². The van der Waals surface area contributed by atoms with E-state index in [1.807, 2.05) is 0 Å². The molecular formula is C23H35NO3Si2. The summed E-state index contributed by atoms with van der Waals surface area (Å²) in [6, 6.07) is 5.07. The Hall–Kier alpha value is -1.25. The Labute approximate surface area is 177 Å². The molecule has 0 N–H and O–H groups in total. The van der Waals surface area contributed by atoms with Crippen LogP contribution < -0.4 is 9.16 Å². The first-order valence-electron chi connectivity index (χ1n) is 11.1. The normalized spacial score (nSPS) is 32.9. The molecule has 4 nitrogen and oxygen atoms in total. The molecule has 1 spiro atoms. The van der Waals surface area contributed by atoms with Crippen LogP contribution in [0.15, 0.2) is 24.0 Å². The summed E-state index contributed by atoms with van der Waals surface area (Å²) >= 11 is 0. The summed E-state index contributed by atoms with van der Waals surface area (Å²) in [7, 11) is -1.15. The van der Waals surface area contributed by atoms with Gasteiger partial charge in [-0.05, 0) is 95.8 Å². The second-order valence-electron chi connectivity index (χ2n) is 11.3. The van der Waals surface area contributed by atoms with Gasteiger partial charge in [0.25, 0.3) is 0 Å². The lowest BCUT2D eigenvalue weighted by molar-refractivity contribution is -0.0208. The zero-order valence-electron chi connectivity index (χ0n) is 19.0. The van der Waals surface area contributed by atoms with E-state index in [-0.39, 0.29) is 11.5 Å². The number of likely N-dealkylation sites (N-methyl/N-ethyl adjacent to an activating group) is 1. The second kappa shape index (κ2) is 6.14. The molecule has 0 aromatic heterocycles. The van der Waals surface area contributed by atoms with Crippen molar-refractivity contribution in [3.05, 3.63) is 35.1 Å². The molecule has 1 aromatic carbocycles. The van der Waals surface area contributed by atoms with Crippen molar-refractivity contribution < 1.29 is 13.6 Å². The number of hydrogen-bond acceptors (Lipinski definition) is 4. The van der Waals surface area contributed by atoms with Crippen LogP contribution in [0.5, 0.6) is 11.5 Å². The van der Waals surface area contributed by atoms with Gasteiger partial charge >= 0.3 is 0 Å². The summed E-state index contributed by atoms with van der Waals surface area (Å²) in [6.07, 6.45) is 5.70. The standard InChI is InChI=1S/C23H35NO3Si2/c1-24-13-12-23-16-9-11-19(27-29(5,6)7)22(23)25-21-18(26-28(2,3)4)10-8-15(20(21)23)14-17(16)24/h8,10-11,16-17,22H,9,12-14H2,1-7H3/t16-,17+,22?,23-/m0/s1. The van der Waals surface area contributed by atoms with Crippen molar-refractivity contribution in [2.24, 2.45) is 5.92 Å². The SMILES string of the molecule is CN1CC[C@]23c4c5ccc(O[Si](C)(C)C)c4OC2C(O[Si](C)(C)C)=CC[C@H]3[C@H]1C5. The maximum Gasteiger partial charge on any atom is 0.242 e. The van der Waals surface area contributed by atoms with Crippen LogP contribution in [0.4, 0.5) is 0 Å². The minimum absolute atomic E-state index is 0.00427. The molecule has 6 heteroatoms. The van der Waals surface area contributed by atoms with Crippen molar-refractivity contribution in [3.8, 4) is 11.5 Å². The first kappa shape index (κ1) is 19.7. The van der Waals surface area contributed by atoms with Gasteiger partial charge in [0, 0.05) is 17.0 Å². The zero-order chi connectivity index (χ0) is 20.8. The van der Waals surface area contributed by atoms with Crippen molar-refractivity contribution in [1.29, 1.82) is 0 Å². The zero-order valence-corrected chi connectivity index (χ0v) is 21.0. The number of likely N-dealkylation sites (tertiary alicyclic amines) is 1. The van der Waals surface area contributed by atoms with Crippen molar-refractivity contribution in [2.45, 2.75) is 76.1 Å². The molecule has 1 saturated heterocycles. The number of benzene rings is 1. The van der Waals surface area contributed by atoms with Gasteiger partial charge in [-0.1, -0.05) is 6.07 Å². The summed E-state index contributed by atoms with van der Waals surface area (Å²) in [6.45, 7) is 14.7. The van der Waals surface area contributed by atoms with Crippen molar-refractivity contribution in [3.63, 3.8) is 0 Å². The second-order valence-corrected chi connectivity index (χ2v) is 20.2. The Kier molecular flexibility index (Phi) is 4.17. The van der Waals surface area contributed by atoms with Gasteiger partial charge in [0.05, 0.1) is 0 Å². The van der Waals surface area contributed by atoms with E-state index >= 15 is 0 Å². The lowest BCUT2D eigenvalue weighted by atomic mass is 9.53. The summed E-state index contributed by atoms with van der Waals surface area (Å²) in [5.74, 6) is 3.66. The highest BCUT2D eigenvalue weighted by atomic mass is 28.4. The van der Waals surface area contributed by atoms with Crippen LogP contribution in [-0.4, -0.2) is 47.3 Å². The molecule has 4 aliphatic rings. The minimum atomic E-state index is -1.73. The van der Waals surface area contributed by atoms with E-state index in [0.717, 1.165) is 43.1 Å². The molecule has 1 unspecified atom stereocenters. The Morgan fingerprint density at radius 1 is 1.07 bits per heavy atom. The van der Waals surface area contributed by atoms with Gasteiger partial charge in [-0.25, -0.2) is 0 Å². The first-order chi connectivity index (χ1) is 13.5. The largest absolute Gasteiger partial charge is 0.545 e. The molecule has 0 saturated carbocycles. The number of allylic oxidation sites excluding steroid dienone is 1. The number of rotatable bonds is 4. The van der Waals surface area contributed by atoms with E-state index in [1.165, 1.54) is 11.1 Å². The molecule has 2 heterocycles. The predicted molar refractivity (Wildman–Crippen MR) is 122 cm³/mol. The predicted octanol–water partition coefficient (Wildman–Crippen LogP) is 4.91. The number of piperidine rings is 1. The van der Waals surface area contributed by atoms with E-state index in [0.29, 0.717) is 12.0 Å². The van der Waals surface area contributed by atoms with Gasteiger partial charge in [0.1, 0.15) is 11.5 Å². The Balaban J connectivity index is 1.68. The van der Waals surface area contributed by atoms with Crippen LogP contribution in [0.3, 0.4) is 0 Å². The van der Waals surface area contributed by atoms with E-state index in [1.54, 1.807) is 0 Å². The average molecular weight is 430 g/mol. The molecule has 4 atom stereocenters. The molecule has 0 radical (unpaired) electrons. The minimum Gasteiger partial charge on any atom is -0.545 e. The smallest absolute Gasteiger partial charge is 0.242 e. The summed E-state index contributed by atoms with van der Waals surface area (Å²) in [5.41, 5.74) is 2.97. The lowest BCUT2D eigenvalue weighted by Gasteiger charge is -2.57. The Morgan fingerprint density at radius 3 is 2.48 bits per heavy atom. The van der Waals surface area contributed by atoms with Crippen LogP contribution in [0.2, 0.25) is 39.3 Å². The van der Waals surface area contributed by atoms with Gasteiger partial charge in [-0.3, -0.25) is 0 Å². The highest BCUT2D eigenvalue weighted by Gasteiger charge is 2.64. The van der Waals surface area contributed by atoms with E-state index in [4.69, 9.17) is 13.6 Å². The quantitative estimate of drug-likeness (QED) is 0.636. The monoisotopic (exact) mass is 429 g/mol. The van der Waals surface area contributed by atoms with E-state index in [9.17, 15) is 0 Å². The Morgan fingerprint density at radius 2 is 1.79 bits per heavy atom. The molecule has 29 heavy (non-hydrogen) atoms. The molecule has 2 bridgehead atoms. The fourth-order valence-electron chi connectivity index (χ4n) is 6.17. The fourth-order valence-corrected chi connectivity index (χ4v) is 7.88. The van der Waals surface area contributed by atoms with E-state index in [2.05, 4.69) is 69.4 Å². The fraction of sp³-hybridized carbons (Fsp3) is 0.652. The molecule has 1 aromatic rings. The Bertz CT molecular complexity index is 885. The third-order valence-corrected chi connectivity index (χ3v) is 8.73. The maximum atomic E-state index is 6.86. The number of nitrogens with zero attached hydrogens (tertiary/aromatic N) is 1. The van der Waals surface area contributed by atoms with Crippen LogP contribution in [0, 0.1) is 5.92 Å². The van der Waals surface area contributed by atoms with Gasteiger partial charge < -0.3 is 18.5 Å². The third-order valence-electron chi connectivity index (χ3n) is 7.05. The number of hydrogen-bond donors (Lipinski definition) is 0. The highest BCUT2D eigenvalue weighted by molar-refractivity contribution is 6.70. The molecule has 0 amide bonds. The van der Waals surface area contributed by atoms with Crippen LogP contribution in [-0.2, 0) is 16.3 Å². The van der Waals surface area contributed by atoms with Gasteiger partial charge in [-0.2, -0.15) is 0 Å². The maximum absolute atomic E-state index is 6.86. The molecule has 2 aliphatic carbocycles. The topological polar surface area (TPSA) is 30.9 Å².